The normalized spacial score (nSPS) is 10.8. The summed E-state index contributed by atoms with van der Waals surface area (Å²) in [5, 5.41) is 0.559. The molecule has 3 heterocycles. The summed E-state index contributed by atoms with van der Waals surface area (Å²) in [6.45, 7) is 3.90. The number of methoxy groups -OCH3 is 1. The molecule has 0 fully saturated rings. The molecule has 0 unspecified atom stereocenters. The van der Waals surface area contributed by atoms with E-state index in [2.05, 4.69) is 19.9 Å². The van der Waals surface area contributed by atoms with Crippen molar-refractivity contribution in [1.82, 2.24) is 19.9 Å². The van der Waals surface area contributed by atoms with Crippen molar-refractivity contribution in [1.29, 1.82) is 0 Å². The second-order valence-electron chi connectivity index (χ2n) is 6.32. The molecule has 1 aromatic carbocycles. The lowest BCUT2D eigenvalue weighted by atomic mass is 10.1. The molecule has 0 aliphatic heterocycles. The van der Waals surface area contributed by atoms with E-state index in [0.29, 0.717) is 39.7 Å². The zero-order valence-electron chi connectivity index (χ0n) is 15.8. The van der Waals surface area contributed by atoms with Crippen LogP contribution in [0.5, 0.6) is 17.4 Å². The molecule has 7 heteroatoms. The fraction of sp³-hybridized carbons (Fsp3) is 0.143. The van der Waals surface area contributed by atoms with Gasteiger partial charge >= 0.3 is 0 Å². The van der Waals surface area contributed by atoms with E-state index in [-0.39, 0.29) is 0 Å². The van der Waals surface area contributed by atoms with Gasteiger partial charge in [-0.05, 0) is 43.7 Å². The maximum Gasteiger partial charge on any atom is 0.233 e. The highest BCUT2D eigenvalue weighted by Gasteiger charge is 2.17. The second kappa shape index (κ2) is 7.11. The molecule has 0 radical (unpaired) electrons. The summed E-state index contributed by atoms with van der Waals surface area (Å²) in [5.41, 5.74) is 9.93. The molecule has 0 atom stereocenters. The lowest BCUT2D eigenvalue weighted by Crippen LogP contribution is -2.01. The second-order valence-corrected chi connectivity index (χ2v) is 6.32. The van der Waals surface area contributed by atoms with E-state index in [9.17, 15) is 0 Å². The highest BCUT2D eigenvalue weighted by molar-refractivity contribution is 5.94. The molecule has 0 saturated heterocycles. The van der Waals surface area contributed by atoms with Crippen LogP contribution >= 0.6 is 0 Å². The maximum absolute atomic E-state index is 6.26. The minimum Gasteiger partial charge on any atom is -0.496 e. The molecule has 0 spiro atoms. The summed E-state index contributed by atoms with van der Waals surface area (Å²) < 4.78 is 11.7. The number of nitrogen functional groups attached to an aromatic ring is 1. The minimum atomic E-state index is 0.304. The molecular weight excluding hydrogens is 354 g/mol. The number of nitrogens with zero attached hydrogens (tertiary/aromatic N) is 4. The molecule has 0 bridgehead atoms. The van der Waals surface area contributed by atoms with E-state index >= 15 is 0 Å². The molecule has 140 valence electrons. The first-order valence-electron chi connectivity index (χ1n) is 8.73. The Morgan fingerprint density at radius 3 is 2.57 bits per heavy atom. The van der Waals surface area contributed by atoms with Gasteiger partial charge in [-0.2, -0.15) is 0 Å². The van der Waals surface area contributed by atoms with Crippen molar-refractivity contribution in [2.45, 2.75) is 13.8 Å². The third-order valence-corrected chi connectivity index (χ3v) is 4.51. The van der Waals surface area contributed by atoms with Gasteiger partial charge in [0.05, 0.1) is 24.0 Å². The molecular formula is C21H19N5O2. The summed E-state index contributed by atoms with van der Waals surface area (Å²) in [4.78, 5) is 17.5. The predicted molar refractivity (Wildman–Crippen MR) is 108 cm³/mol. The Morgan fingerprint density at radius 2 is 1.82 bits per heavy atom. The van der Waals surface area contributed by atoms with Crippen LogP contribution in [0.2, 0.25) is 0 Å². The van der Waals surface area contributed by atoms with Crippen LogP contribution in [0.3, 0.4) is 0 Å². The SMILES string of the molecule is COc1ccc(C)c(Oc2nc(-c3ccccn3)cc3ncnc(N)c23)c1C. The Bertz CT molecular complexity index is 1160. The van der Waals surface area contributed by atoms with Gasteiger partial charge in [0, 0.05) is 11.8 Å². The average molecular weight is 373 g/mol. The van der Waals surface area contributed by atoms with Crippen LogP contribution in [0, 0.1) is 13.8 Å². The van der Waals surface area contributed by atoms with Crippen LogP contribution in [0.1, 0.15) is 11.1 Å². The predicted octanol–water partition coefficient (Wildman–Crippen LogP) is 4.09. The number of hydrogen-bond donors (Lipinski definition) is 1. The van der Waals surface area contributed by atoms with E-state index < -0.39 is 0 Å². The van der Waals surface area contributed by atoms with Crippen LogP contribution < -0.4 is 15.2 Å². The lowest BCUT2D eigenvalue weighted by molar-refractivity contribution is 0.402. The third-order valence-electron chi connectivity index (χ3n) is 4.51. The molecule has 4 aromatic rings. The summed E-state index contributed by atoms with van der Waals surface area (Å²) in [6, 6.07) is 11.3. The topological polar surface area (TPSA) is 96.0 Å². The monoisotopic (exact) mass is 373 g/mol. The number of fused-ring (bicyclic) bond motifs is 1. The minimum absolute atomic E-state index is 0.304. The van der Waals surface area contributed by atoms with Gasteiger partial charge in [0.25, 0.3) is 0 Å². The summed E-state index contributed by atoms with van der Waals surface area (Å²) in [7, 11) is 1.63. The van der Waals surface area contributed by atoms with Gasteiger partial charge < -0.3 is 15.2 Å². The molecule has 2 N–H and O–H groups in total. The van der Waals surface area contributed by atoms with E-state index in [4.69, 9.17) is 15.2 Å². The zero-order chi connectivity index (χ0) is 19.7. The highest BCUT2D eigenvalue weighted by atomic mass is 16.5. The molecule has 3 aromatic heterocycles. The van der Waals surface area contributed by atoms with Gasteiger partial charge in [0.15, 0.2) is 0 Å². The largest absolute Gasteiger partial charge is 0.496 e. The molecule has 28 heavy (non-hydrogen) atoms. The maximum atomic E-state index is 6.26. The number of nitrogens with two attached hydrogens (primary N) is 1. The van der Waals surface area contributed by atoms with Gasteiger partial charge in [0.2, 0.25) is 5.88 Å². The Morgan fingerprint density at radius 1 is 0.964 bits per heavy atom. The molecule has 4 rings (SSSR count). The summed E-state index contributed by atoms with van der Waals surface area (Å²) in [5.74, 6) is 2.03. The van der Waals surface area contributed by atoms with Crippen molar-refractivity contribution in [2.24, 2.45) is 0 Å². The van der Waals surface area contributed by atoms with Crippen molar-refractivity contribution in [2.75, 3.05) is 12.8 Å². The molecule has 0 aliphatic rings. The number of aryl methyl sites for hydroxylation is 1. The lowest BCUT2D eigenvalue weighted by Gasteiger charge is -2.16. The van der Waals surface area contributed by atoms with Crippen LogP contribution in [-0.2, 0) is 0 Å². The number of rotatable bonds is 4. The van der Waals surface area contributed by atoms with Crippen LogP contribution in [0.15, 0.2) is 48.9 Å². The summed E-state index contributed by atoms with van der Waals surface area (Å²) in [6.07, 6.45) is 3.14. The molecule has 7 nitrogen and oxygen atoms in total. The Kier molecular flexibility index (Phi) is 4.49. The molecule has 0 saturated carbocycles. The number of anilines is 1. The standard InChI is InChI=1S/C21H19N5O2/c1-12-7-8-17(27-3)13(2)19(12)28-21-18-16(24-11-25-20(18)22)10-15(26-21)14-6-4-5-9-23-14/h4-11H,1-3H3,(H2,22,24,25). The van der Waals surface area contributed by atoms with Gasteiger partial charge in [-0.25, -0.2) is 15.0 Å². The molecule has 0 aliphatic carbocycles. The first-order chi connectivity index (χ1) is 13.6. The summed E-state index contributed by atoms with van der Waals surface area (Å²) >= 11 is 0. The Balaban J connectivity index is 1.94. The van der Waals surface area contributed by atoms with Gasteiger partial charge in [-0.1, -0.05) is 12.1 Å². The van der Waals surface area contributed by atoms with Gasteiger partial charge in [0.1, 0.15) is 29.0 Å². The molecule has 0 amide bonds. The van der Waals surface area contributed by atoms with Gasteiger partial charge in [-0.15, -0.1) is 0 Å². The van der Waals surface area contributed by atoms with Crippen molar-refractivity contribution < 1.29 is 9.47 Å². The number of ether oxygens (including phenoxy) is 2. The van der Waals surface area contributed by atoms with E-state index in [0.717, 1.165) is 16.9 Å². The van der Waals surface area contributed by atoms with Crippen molar-refractivity contribution in [3.63, 3.8) is 0 Å². The van der Waals surface area contributed by atoms with Gasteiger partial charge in [-0.3, -0.25) is 4.98 Å². The van der Waals surface area contributed by atoms with Crippen LogP contribution in [0.4, 0.5) is 5.82 Å². The third kappa shape index (κ3) is 3.07. The quantitative estimate of drug-likeness (QED) is 0.575. The first-order valence-corrected chi connectivity index (χ1v) is 8.73. The number of hydrogen-bond acceptors (Lipinski definition) is 7. The number of pyridine rings is 2. The zero-order valence-corrected chi connectivity index (χ0v) is 15.8. The number of benzene rings is 1. The smallest absolute Gasteiger partial charge is 0.233 e. The van der Waals surface area contributed by atoms with Crippen LogP contribution in [-0.4, -0.2) is 27.0 Å². The number of aromatic nitrogens is 4. The van der Waals surface area contributed by atoms with Crippen molar-refractivity contribution >= 4 is 16.7 Å². The Labute approximate surface area is 162 Å². The van der Waals surface area contributed by atoms with Crippen molar-refractivity contribution in [3.05, 3.63) is 60.0 Å². The van der Waals surface area contributed by atoms with Crippen LogP contribution in [0.25, 0.3) is 22.3 Å². The average Bonchev–Trinajstić information content (AvgIpc) is 2.71. The fourth-order valence-electron chi connectivity index (χ4n) is 3.07. The van der Waals surface area contributed by atoms with Crippen molar-refractivity contribution in [3.8, 4) is 28.8 Å². The van der Waals surface area contributed by atoms with E-state index in [1.54, 1.807) is 13.3 Å². The first kappa shape index (κ1) is 17.7. The van der Waals surface area contributed by atoms with E-state index in [1.807, 2.05) is 50.2 Å². The highest BCUT2D eigenvalue weighted by Crippen LogP contribution is 2.38. The Hall–Kier alpha value is -3.74. The van der Waals surface area contributed by atoms with E-state index in [1.165, 1.54) is 6.33 Å². The fourth-order valence-corrected chi connectivity index (χ4v) is 3.07.